The lowest BCUT2D eigenvalue weighted by molar-refractivity contribution is 0.626. The Morgan fingerprint density at radius 3 is 2.42 bits per heavy atom. The molecule has 0 aliphatic carbocycles. The first-order valence-electron chi connectivity index (χ1n) is 6.13. The number of nitrogens with one attached hydrogen (secondary N) is 1. The number of nitrogens with zero attached hydrogens (tertiary/aromatic N) is 1. The largest absolute Gasteiger partial charge is 0.376 e. The second-order valence-corrected chi connectivity index (χ2v) is 4.58. The van der Waals surface area contributed by atoms with Crippen LogP contribution in [-0.2, 0) is 0 Å². The minimum absolute atomic E-state index is 0.0232. The molecular weight excluding hydrogens is 239 g/mol. The average molecular weight is 254 g/mol. The Bertz CT molecular complexity index is 612. The molecular formula is C16H15FN2. The van der Waals surface area contributed by atoms with Crippen molar-refractivity contribution in [2.24, 2.45) is 0 Å². The summed E-state index contributed by atoms with van der Waals surface area (Å²) in [6.45, 7) is 3.82. The number of hydrogen-bond donors (Lipinski definition) is 1. The summed E-state index contributed by atoms with van der Waals surface area (Å²) in [7, 11) is 0. The van der Waals surface area contributed by atoms with Gasteiger partial charge in [0.1, 0.15) is 5.82 Å². The van der Waals surface area contributed by atoms with E-state index >= 15 is 0 Å². The fourth-order valence-electron chi connectivity index (χ4n) is 1.90. The molecule has 0 heterocycles. The predicted molar refractivity (Wildman–Crippen MR) is 74.3 cm³/mol. The first-order chi connectivity index (χ1) is 9.10. The molecule has 0 fully saturated rings. The highest BCUT2D eigenvalue weighted by atomic mass is 19.1. The molecule has 0 spiro atoms. The lowest BCUT2D eigenvalue weighted by Gasteiger charge is -2.16. The molecule has 0 saturated heterocycles. The van der Waals surface area contributed by atoms with Crippen LogP contribution in [0.1, 0.15) is 29.7 Å². The summed E-state index contributed by atoms with van der Waals surface area (Å²) in [6.07, 6.45) is 0. The van der Waals surface area contributed by atoms with Crippen LogP contribution in [0.2, 0.25) is 0 Å². The van der Waals surface area contributed by atoms with Crippen LogP contribution >= 0.6 is 0 Å². The molecule has 0 aliphatic rings. The molecule has 0 aliphatic heterocycles. The van der Waals surface area contributed by atoms with E-state index < -0.39 is 0 Å². The molecule has 96 valence electrons. The molecule has 0 saturated carbocycles. The topological polar surface area (TPSA) is 35.8 Å². The van der Waals surface area contributed by atoms with Crippen molar-refractivity contribution >= 4 is 5.69 Å². The molecule has 1 atom stereocenters. The standard InChI is InChI=1S/C16H15FN2/c1-11-3-8-16(15(17)9-11)19-12(2)14-6-4-13(10-18)5-7-14/h3-9,12,19H,1-2H3. The van der Waals surface area contributed by atoms with Gasteiger partial charge in [-0.2, -0.15) is 5.26 Å². The number of hydrogen-bond acceptors (Lipinski definition) is 2. The molecule has 2 rings (SSSR count). The Hall–Kier alpha value is -2.34. The zero-order valence-corrected chi connectivity index (χ0v) is 10.9. The fraction of sp³-hybridized carbons (Fsp3) is 0.188. The third-order valence-corrected chi connectivity index (χ3v) is 3.04. The van der Waals surface area contributed by atoms with Crippen molar-refractivity contribution in [3.05, 3.63) is 65.0 Å². The molecule has 2 aromatic carbocycles. The Kier molecular flexibility index (Phi) is 3.82. The summed E-state index contributed by atoms with van der Waals surface area (Å²) in [5, 5.41) is 11.9. The smallest absolute Gasteiger partial charge is 0.146 e. The van der Waals surface area contributed by atoms with Gasteiger partial charge in [0.15, 0.2) is 0 Å². The van der Waals surface area contributed by atoms with Crippen molar-refractivity contribution < 1.29 is 4.39 Å². The Balaban J connectivity index is 2.16. The number of halogens is 1. The van der Waals surface area contributed by atoms with Gasteiger partial charge in [-0.3, -0.25) is 0 Å². The van der Waals surface area contributed by atoms with Crippen molar-refractivity contribution in [3.8, 4) is 6.07 Å². The highest BCUT2D eigenvalue weighted by Gasteiger charge is 2.08. The highest BCUT2D eigenvalue weighted by molar-refractivity contribution is 5.48. The molecule has 0 aromatic heterocycles. The highest BCUT2D eigenvalue weighted by Crippen LogP contribution is 2.22. The van der Waals surface area contributed by atoms with Crippen molar-refractivity contribution in [2.75, 3.05) is 5.32 Å². The number of aryl methyl sites for hydroxylation is 1. The summed E-state index contributed by atoms with van der Waals surface area (Å²) in [5.74, 6) is -0.250. The second kappa shape index (κ2) is 5.53. The number of anilines is 1. The van der Waals surface area contributed by atoms with Gasteiger partial charge in [-0.25, -0.2) is 4.39 Å². The van der Waals surface area contributed by atoms with E-state index in [0.29, 0.717) is 11.3 Å². The maximum absolute atomic E-state index is 13.7. The van der Waals surface area contributed by atoms with Crippen LogP contribution in [0.3, 0.4) is 0 Å². The molecule has 3 heteroatoms. The van der Waals surface area contributed by atoms with Crippen LogP contribution in [-0.4, -0.2) is 0 Å². The lowest BCUT2D eigenvalue weighted by atomic mass is 10.1. The maximum Gasteiger partial charge on any atom is 0.146 e. The van der Waals surface area contributed by atoms with E-state index in [9.17, 15) is 4.39 Å². The number of benzene rings is 2. The first kappa shape index (κ1) is 13.1. The van der Waals surface area contributed by atoms with Crippen molar-refractivity contribution in [2.45, 2.75) is 19.9 Å². The minimum atomic E-state index is -0.250. The lowest BCUT2D eigenvalue weighted by Crippen LogP contribution is -2.08. The molecule has 1 N–H and O–H groups in total. The monoisotopic (exact) mass is 254 g/mol. The van der Waals surface area contributed by atoms with Gasteiger partial charge in [-0.15, -0.1) is 0 Å². The molecule has 1 unspecified atom stereocenters. The third kappa shape index (κ3) is 3.11. The maximum atomic E-state index is 13.7. The van der Waals surface area contributed by atoms with E-state index in [1.807, 2.05) is 32.0 Å². The Morgan fingerprint density at radius 1 is 1.16 bits per heavy atom. The zero-order chi connectivity index (χ0) is 13.8. The summed E-state index contributed by atoms with van der Waals surface area (Å²) in [5.41, 5.74) is 3.02. The quantitative estimate of drug-likeness (QED) is 0.891. The summed E-state index contributed by atoms with van der Waals surface area (Å²) in [4.78, 5) is 0. The van der Waals surface area contributed by atoms with E-state index in [2.05, 4.69) is 11.4 Å². The van der Waals surface area contributed by atoms with Gasteiger partial charge < -0.3 is 5.32 Å². The van der Waals surface area contributed by atoms with Crippen LogP contribution in [0.4, 0.5) is 10.1 Å². The minimum Gasteiger partial charge on any atom is -0.376 e. The predicted octanol–water partition coefficient (Wildman–Crippen LogP) is 4.18. The van der Waals surface area contributed by atoms with E-state index in [0.717, 1.165) is 11.1 Å². The number of nitriles is 1. The van der Waals surface area contributed by atoms with E-state index in [1.54, 1.807) is 18.2 Å². The van der Waals surface area contributed by atoms with Crippen LogP contribution in [0.25, 0.3) is 0 Å². The van der Waals surface area contributed by atoms with Crippen LogP contribution in [0.5, 0.6) is 0 Å². The Labute approximate surface area is 112 Å². The molecule has 0 bridgehead atoms. The van der Waals surface area contributed by atoms with Gasteiger partial charge >= 0.3 is 0 Å². The van der Waals surface area contributed by atoms with Crippen molar-refractivity contribution in [1.82, 2.24) is 0 Å². The van der Waals surface area contributed by atoms with Gasteiger partial charge in [0.25, 0.3) is 0 Å². The summed E-state index contributed by atoms with van der Waals surface area (Å²) >= 11 is 0. The molecule has 2 aromatic rings. The van der Waals surface area contributed by atoms with Gasteiger partial charge in [-0.1, -0.05) is 18.2 Å². The van der Waals surface area contributed by atoms with E-state index in [1.165, 1.54) is 6.07 Å². The summed E-state index contributed by atoms with van der Waals surface area (Å²) in [6, 6.07) is 14.5. The normalized spacial score (nSPS) is 11.7. The molecule has 0 amide bonds. The molecule has 2 nitrogen and oxygen atoms in total. The van der Waals surface area contributed by atoms with Crippen molar-refractivity contribution in [1.29, 1.82) is 5.26 Å². The van der Waals surface area contributed by atoms with Gasteiger partial charge in [0, 0.05) is 6.04 Å². The van der Waals surface area contributed by atoms with Gasteiger partial charge in [0.05, 0.1) is 17.3 Å². The van der Waals surface area contributed by atoms with E-state index in [4.69, 9.17) is 5.26 Å². The van der Waals surface area contributed by atoms with Crippen LogP contribution in [0.15, 0.2) is 42.5 Å². The molecule has 0 radical (unpaired) electrons. The van der Waals surface area contributed by atoms with E-state index in [-0.39, 0.29) is 11.9 Å². The first-order valence-corrected chi connectivity index (χ1v) is 6.13. The van der Waals surface area contributed by atoms with Gasteiger partial charge in [-0.05, 0) is 49.2 Å². The fourth-order valence-corrected chi connectivity index (χ4v) is 1.90. The third-order valence-electron chi connectivity index (χ3n) is 3.04. The average Bonchev–Trinajstić information content (AvgIpc) is 2.42. The zero-order valence-electron chi connectivity index (χ0n) is 10.9. The summed E-state index contributed by atoms with van der Waals surface area (Å²) < 4.78 is 13.7. The second-order valence-electron chi connectivity index (χ2n) is 4.58. The van der Waals surface area contributed by atoms with Crippen LogP contribution < -0.4 is 5.32 Å². The molecule has 19 heavy (non-hydrogen) atoms. The SMILES string of the molecule is Cc1ccc(NC(C)c2ccc(C#N)cc2)c(F)c1. The number of rotatable bonds is 3. The Morgan fingerprint density at radius 2 is 1.84 bits per heavy atom. The van der Waals surface area contributed by atoms with Gasteiger partial charge in [0.2, 0.25) is 0 Å². The van der Waals surface area contributed by atoms with Crippen LogP contribution in [0, 0.1) is 24.1 Å². The van der Waals surface area contributed by atoms with Crippen molar-refractivity contribution in [3.63, 3.8) is 0 Å².